The van der Waals surface area contributed by atoms with Crippen molar-refractivity contribution in [2.45, 2.75) is 70.7 Å². The molecule has 0 heterocycles. The number of fused-ring (bicyclic) bond motifs is 5. The fraction of sp³-hybridized carbons (Fsp3) is 0.842. The van der Waals surface area contributed by atoms with Crippen LogP contribution in [0.4, 0.5) is 0 Å². The third kappa shape index (κ3) is 2.11. The summed E-state index contributed by atoms with van der Waals surface area (Å²) in [5, 5.41) is 31.9. The first-order valence-electron chi connectivity index (χ1n) is 9.04. The highest BCUT2D eigenvalue weighted by Crippen LogP contribution is 2.65. The topological polar surface area (TPSA) is 77.8 Å². The van der Waals surface area contributed by atoms with Crippen LogP contribution in [0, 0.1) is 28.6 Å². The van der Waals surface area contributed by atoms with Gasteiger partial charge in [0.25, 0.3) is 0 Å². The standard InChI is InChI=1S/C19H28O4/c1-18-8-11(21)6-13(18)12-7-15(22)14-5-10(20)3-4-19(14,2)17(12)16(23)9-18/h5,11-13,15-17,21-23H,3-4,6-9H2,1-2H3. The van der Waals surface area contributed by atoms with Gasteiger partial charge in [-0.25, -0.2) is 0 Å². The molecule has 0 amide bonds. The molecule has 0 bridgehead atoms. The average molecular weight is 320 g/mol. The highest BCUT2D eigenvalue weighted by Gasteiger charge is 2.62. The minimum atomic E-state index is -0.585. The molecule has 3 N–H and O–H groups in total. The molecule has 8 unspecified atom stereocenters. The maximum absolute atomic E-state index is 11.8. The number of aliphatic hydroxyl groups excluding tert-OH is 3. The lowest BCUT2D eigenvalue weighted by Gasteiger charge is -2.60. The molecule has 4 aliphatic carbocycles. The Bertz CT molecular complexity index is 570. The normalized spacial score (nSPS) is 55.7. The predicted molar refractivity (Wildman–Crippen MR) is 85.5 cm³/mol. The van der Waals surface area contributed by atoms with E-state index in [1.54, 1.807) is 6.08 Å². The van der Waals surface area contributed by atoms with E-state index in [1.165, 1.54) is 0 Å². The molecule has 0 saturated heterocycles. The van der Waals surface area contributed by atoms with E-state index in [2.05, 4.69) is 13.8 Å². The van der Waals surface area contributed by atoms with E-state index in [-0.39, 0.29) is 34.6 Å². The summed E-state index contributed by atoms with van der Waals surface area (Å²) in [4.78, 5) is 11.8. The van der Waals surface area contributed by atoms with Gasteiger partial charge < -0.3 is 15.3 Å². The van der Waals surface area contributed by atoms with E-state index in [0.29, 0.717) is 18.8 Å². The van der Waals surface area contributed by atoms with Crippen molar-refractivity contribution in [2.75, 3.05) is 0 Å². The van der Waals surface area contributed by atoms with Crippen LogP contribution < -0.4 is 0 Å². The third-order valence-electron chi connectivity index (χ3n) is 7.65. The smallest absolute Gasteiger partial charge is 0.155 e. The van der Waals surface area contributed by atoms with E-state index in [9.17, 15) is 20.1 Å². The number of hydrogen-bond acceptors (Lipinski definition) is 4. The Morgan fingerprint density at radius 2 is 1.87 bits per heavy atom. The molecule has 3 fully saturated rings. The highest BCUT2D eigenvalue weighted by atomic mass is 16.3. The summed E-state index contributed by atoms with van der Waals surface area (Å²) >= 11 is 0. The zero-order chi connectivity index (χ0) is 16.6. The Morgan fingerprint density at radius 3 is 2.61 bits per heavy atom. The minimum Gasteiger partial charge on any atom is -0.393 e. The van der Waals surface area contributed by atoms with E-state index in [1.807, 2.05) is 0 Å². The lowest BCUT2D eigenvalue weighted by molar-refractivity contribution is -0.139. The van der Waals surface area contributed by atoms with Crippen LogP contribution in [-0.4, -0.2) is 39.4 Å². The van der Waals surface area contributed by atoms with Gasteiger partial charge in [-0.15, -0.1) is 0 Å². The molecule has 0 aromatic carbocycles. The van der Waals surface area contributed by atoms with Gasteiger partial charge in [0.1, 0.15) is 0 Å². The maximum Gasteiger partial charge on any atom is 0.155 e. The number of hydrogen-bond donors (Lipinski definition) is 3. The Morgan fingerprint density at radius 1 is 1.13 bits per heavy atom. The van der Waals surface area contributed by atoms with Gasteiger partial charge in [-0.3, -0.25) is 4.79 Å². The second kappa shape index (κ2) is 4.90. The second-order valence-electron chi connectivity index (χ2n) is 9.05. The van der Waals surface area contributed by atoms with Gasteiger partial charge in [-0.2, -0.15) is 0 Å². The Kier molecular flexibility index (Phi) is 3.37. The van der Waals surface area contributed by atoms with Crippen molar-refractivity contribution in [3.05, 3.63) is 11.6 Å². The minimum absolute atomic E-state index is 0.0260. The lowest BCUT2D eigenvalue weighted by atomic mass is 9.46. The van der Waals surface area contributed by atoms with Crippen LogP contribution in [0.15, 0.2) is 11.6 Å². The summed E-state index contributed by atoms with van der Waals surface area (Å²) in [5.74, 6) is 0.776. The Balaban J connectivity index is 1.77. The number of ketones is 1. The fourth-order valence-corrected chi connectivity index (χ4v) is 6.78. The van der Waals surface area contributed by atoms with E-state index < -0.39 is 12.2 Å². The maximum atomic E-state index is 11.8. The summed E-state index contributed by atoms with van der Waals surface area (Å²) in [6.45, 7) is 4.32. The summed E-state index contributed by atoms with van der Waals surface area (Å²) in [6.07, 6.45) is 4.47. The number of rotatable bonds is 0. The number of carbonyl (C=O) groups is 1. The zero-order valence-corrected chi connectivity index (χ0v) is 14.0. The summed E-state index contributed by atoms with van der Waals surface area (Å²) in [6, 6.07) is 0. The molecular weight excluding hydrogens is 292 g/mol. The largest absolute Gasteiger partial charge is 0.393 e. The summed E-state index contributed by atoms with van der Waals surface area (Å²) in [5.41, 5.74) is 0.531. The first-order valence-corrected chi connectivity index (χ1v) is 9.04. The molecule has 4 heteroatoms. The van der Waals surface area contributed by atoms with Gasteiger partial charge in [0.15, 0.2) is 5.78 Å². The molecule has 4 aliphatic rings. The van der Waals surface area contributed by atoms with E-state index in [4.69, 9.17) is 0 Å². The van der Waals surface area contributed by atoms with Crippen LogP contribution in [0.5, 0.6) is 0 Å². The first kappa shape index (κ1) is 15.8. The molecule has 0 aliphatic heterocycles. The fourth-order valence-electron chi connectivity index (χ4n) is 6.78. The Hall–Kier alpha value is -0.710. The van der Waals surface area contributed by atoms with Crippen LogP contribution in [0.1, 0.15) is 52.4 Å². The number of aliphatic hydroxyl groups is 3. The Labute approximate surface area is 137 Å². The van der Waals surface area contributed by atoms with Crippen LogP contribution >= 0.6 is 0 Å². The van der Waals surface area contributed by atoms with Gasteiger partial charge in [-0.1, -0.05) is 13.8 Å². The predicted octanol–water partition coefficient (Wildman–Crippen LogP) is 1.82. The molecule has 0 aromatic rings. The van der Waals surface area contributed by atoms with Crippen LogP contribution in [-0.2, 0) is 4.79 Å². The molecule has 0 aromatic heterocycles. The third-order valence-corrected chi connectivity index (χ3v) is 7.65. The molecule has 3 saturated carbocycles. The van der Waals surface area contributed by atoms with Crippen molar-refractivity contribution in [1.29, 1.82) is 0 Å². The molecule has 0 radical (unpaired) electrons. The van der Waals surface area contributed by atoms with Gasteiger partial charge in [0.05, 0.1) is 18.3 Å². The molecule has 128 valence electrons. The molecule has 4 rings (SSSR count). The van der Waals surface area contributed by atoms with Crippen molar-refractivity contribution in [1.82, 2.24) is 0 Å². The van der Waals surface area contributed by atoms with Gasteiger partial charge in [0, 0.05) is 6.42 Å². The second-order valence-corrected chi connectivity index (χ2v) is 9.05. The van der Waals surface area contributed by atoms with Gasteiger partial charge in [-0.05, 0) is 72.3 Å². The van der Waals surface area contributed by atoms with Gasteiger partial charge in [0.2, 0.25) is 0 Å². The SMILES string of the molecule is CC12CC(O)CC1C1CC(O)C3=CC(=O)CCC3(C)C1C(O)C2. The average Bonchev–Trinajstić information content (AvgIpc) is 2.74. The van der Waals surface area contributed by atoms with Crippen LogP contribution in [0.3, 0.4) is 0 Å². The van der Waals surface area contributed by atoms with Gasteiger partial charge >= 0.3 is 0 Å². The molecule has 4 nitrogen and oxygen atoms in total. The zero-order valence-electron chi connectivity index (χ0n) is 14.0. The molecular formula is C19H28O4. The summed E-state index contributed by atoms with van der Waals surface area (Å²) < 4.78 is 0. The number of carbonyl (C=O) groups excluding carboxylic acids is 1. The van der Waals surface area contributed by atoms with Crippen molar-refractivity contribution < 1.29 is 20.1 Å². The summed E-state index contributed by atoms with van der Waals surface area (Å²) in [7, 11) is 0. The molecule has 8 atom stereocenters. The van der Waals surface area contributed by atoms with Crippen LogP contribution in [0.25, 0.3) is 0 Å². The molecule has 23 heavy (non-hydrogen) atoms. The lowest BCUT2D eigenvalue weighted by Crippen LogP contribution is -2.58. The molecule has 0 spiro atoms. The van der Waals surface area contributed by atoms with Crippen molar-refractivity contribution in [3.8, 4) is 0 Å². The monoisotopic (exact) mass is 320 g/mol. The first-order chi connectivity index (χ1) is 10.7. The van der Waals surface area contributed by atoms with E-state index >= 15 is 0 Å². The highest BCUT2D eigenvalue weighted by molar-refractivity contribution is 5.91. The van der Waals surface area contributed by atoms with Crippen molar-refractivity contribution in [2.24, 2.45) is 28.6 Å². The van der Waals surface area contributed by atoms with Crippen molar-refractivity contribution in [3.63, 3.8) is 0 Å². The van der Waals surface area contributed by atoms with Crippen LogP contribution in [0.2, 0.25) is 0 Å². The quantitative estimate of drug-likeness (QED) is 0.636. The van der Waals surface area contributed by atoms with Crippen molar-refractivity contribution >= 4 is 5.78 Å². The van der Waals surface area contributed by atoms with E-state index in [0.717, 1.165) is 31.3 Å².